The van der Waals surface area contributed by atoms with E-state index in [9.17, 15) is 19.2 Å². The number of hydrogen-bond acceptors (Lipinski definition) is 6. The molecule has 1 aliphatic heterocycles. The molecule has 178 valence electrons. The number of amides is 4. The number of rotatable bonds is 9. The van der Waals surface area contributed by atoms with Crippen molar-refractivity contribution in [2.24, 2.45) is 5.73 Å². The van der Waals surface area contributed by atoms with Crippen LogP contribution < -0.4 is 16.4 Å². The Morgan fingerprint density at radius 2 is 1.79 bits per heavy atom. The molecule has 2 atom stereocenters. The van der Waals surface area contributed by atoms with Gasteiger partial charge in [-0.1, -0.05) is 61.2 Å². The minimum atomic E-state index is -1.34. The van der Waals surface area contributed by atoms with Gasteiger partial charge in [-0.3, -0.25) is 19.3 Å². The molecule has 2 aromatic carbocycles. The summed E-state index contributed by atoms with van der Waals surface area (Å²) in [6.07, 6.45) is -0.0831. The van der Waals surface area contributed by atoms with Gasteiger partial charge in [0.25, 0.3) is 5.91 Å². The van der Waals surface area contributed by atoms with Crippen LogP contribution in [0.4, 0.5) is 4.79 Å². The quantitative estimate of drug-likeness (QED) is 0.385. The lowest BCUT2D eigenvalue weighted by atomic mass is 9.91. The Morgan fingerprint density at radius 3 is 2.38 bits per heavy atom. The molecule has 2 unspecified atom stereocenters. The van der Waals surface area contributed by atoms with Gasteiger partial charge in [-0.05, 0) is 30.5 Å². The molecule has 0 aromatic heterocycles. The van der Waals surface area contributed by atoms with E-state index in [1.54, 1.807) is 62.4 Å². The van der Waals surface area contributed by atoms with Crippen LogP contribution in [0.5, 0.6) is 0 Å². The van der Waals surface area contributed by atoms with Gasteiger partial charge in [0.1, 0.15) is 12.1 Å². The Hall–Kier alpha value is -4.14. The average molecular weight is 465 g/mol. The van der Waals surface area contributed by atoms with Gasteiger partial charge >= 0.3 is 12.0 Å². The third-order valence-corrected chi connectivity index (χ3v) is 5.62. The van der Waals surface area contributed by atoms with Gasteiger partial charge in [-0.2, -0.15) is 0 Å². The summed E-state index contributed by atoms with van der Waals surface area (Å²) in [5.74, 6) is -1.61. The SMILES string of the molecule is C=C(N)c1ccc(C2(C)NC(=O)N(CC(=O)NC(CC(=O)OCC)c3ccccc3)C2=O)cc1. The Kier molecular flexibility index (Phi) is 7.35. The number of ether oxygens (including phenoxy) is 1. The maximum absolute atomic E-state index is 13.2. The number of carbonyl (C=O) groups is 4. The van der Waals surface area contributed by atoms with Crippen LogP contribution in [0.15, 0.2) is 61.2 Å². The second-order valence-corrected chi connectivity index (χ2v) is 8.09. The molecule has 0 saturated carbocycles. The predicted octanol–water partition coefficient (Wildman–Crippen LogP) is 2.19. The molecule has 2 aromatic rings. The number of nitrogens with zero attached hydrogens (tertiary/aromatic N) is 1. The first-order valence-electron chi connectivity index (χ1n) is 10.8. The fraction of sp³-hybridized carbons (Fsp3) is 0.280. The van der Waals surface area contributed by atoms with Crippen molar-refractivity contribution in [1.82, 2.24) is 15.5 Å². The monoisotopic (exact) mass is 464 g/mol. The maximum atomic E-state index is 13.2. The summed E-state index contributed by atoms with van der Waals surface area (Å²) in [7, 11) is 0. The van der Waals surface area contributed by atoms with E-state index in [-0.39, 0.29) is 13.0 Å². The van der Waals surface area contributed by atoms with E-state index in [0.717, 1.165) is 4.90 Å². The molecule has 1 saturated heterocycles. The van der Waals surface area contributed by atoms with Gasteiger partial charge in [0.2, 0.25) is 5.91 Å². The minimum Gasteiger partial charge on any atom is -0.466 e. The Bertz CT molecular complexity index is 1100. The van der Waals surface area contributed by atoms with E-state index >= 15 is 0 Å². The average Bonchev–Trinajstić information content (AvgIpc) is 3.03. The van der Waals surface area contributed by atoms with Crippen molar-refractivity contribution >= 4 is 29.5 Å². The van der Waals surface area contributed by atoms with Crippen LogP contribution >= 0.6 is 0 Å². The highest BCUT2D eigenvalue weighted by molar-refractivity contribution is 6.09. The van der Waals surface area contributed by atoms with Crippen molar-refractivity contribution in [3.8, 4) is 0 Å². The smallest absolute Gasteiger partial charge is 0.325 e. The fourth-order valence-corrected chi connectivity index (χ4v) is 3.76. The number of benzene rings is 2. The van der Waals surface area contributed by atoms with E-state index in [2.05, 4.69) is 17.2 Å². The third kappa shape index (κ3) is 5.25. The van der Waals surface area contributed by atoms with Gasteiger partial charge in [-0.25, -0.2) is 4.79 Å². The van der Waals surface area contributed by atoms with Crippen LogP contribution in [0.2, 0.25) is 0 Å². The lowest BCUT2D eigenvalue weighted by Crippen LogP contribution is -2.44. The molecule has 3 rings (SSSR count). The molecule has 34 heavy (non-hydrogen) atoms. The molecule has 1 fully saturated rings. The van der Waals surface area contributed by atoms with E-state index < -0.39 is 41.9 Å². The fourth-order valence-electron chi connectivity index (χ4n) is 3.76. The lowest BCUT2D eigenvalue weighted by molar-refractivity contribution is -0.144. The third-order valence-electron chi connectivity index (χ3n) is 5.62. The van der Waals surface area contributed by atoms with Crippen LogP contribution in [-0.4, -0.2) is 41.9 Å². The Balaban J connectivity index is 1.74. The Morgan fingerprint density at radius 1 is 1.15 bits per heavy atom. The van der Waals surface area contributed by atoms with Crippen molar-refractivity contribution in [3.63, 3.8) is 0 Å². The molecule has 0 spiro atoms. The lowest BCUT2D eigenvalue weighted by Gasteiger charge is -2.23. The van der Waals surface area contributed by atoms with Gasteiger partial charge in [0.15, 0.2) is 0 Å². The first kappa shape index (κ1) is 24.5. The number of nitrogens with one attached hydrogen (secondary N) is 2. The van der Waals surface area contributed by atoms with Gasteiger partial charge < -0.3 is 21.1 Å². The van der Waals surface area contributed by atoms with Crippen molar-refractivity contribution in [1.29, 1.82) is 0 Å². The minimum absolute atomic E-state index is 0.0831. The second kappa shape index (κ2) is 10.2. The predicted molar refractivity (Wildman–Crippen MR) is 126 cm³/mol. The van der Waals surface area contributed by atoms with Gasteiger partial charge in [-0.15, -0.1) is 0 Å². The molecule has 9 heteroatoms. The molecule has 0 aliphatic carbocycles. The van der Waals surface area contributed by atoms with Crippen LogP contribution in [-0.2, 0) is 24.7 Å². The highest BCUT2D eigenvalue weighted by Crippen LogP contribution is 2.29. The highest BCUT2D eigenvalue weighted by Gasteiger charge is 2.49. The van der Waals surface area contributed by atoms with E-state index in [1.807, 2.05) is 6.07 Å². The number of imide groups is 1. The topological polar surface area (TPSA) is 131 Å². The maximum Gasteiger partial charge on any atom is 0.325 e. The summed E-state index contributed by atoms with van der Waals surface area (Å²) < 4.78 is 5.01. The van der Waals surface area contributed by atoms with Crippen molar-refractivity contribution in [2.45, 2.75) is 31.8 Å². The van der Waals surface area contributed by atoms with Crippen molar-refractivity contribution in [3.05, 3.63) is 77.9 Å². The van der Waals surface area contributed by atoms with Crippen molar-refractivity contribution in [2.75, 3.05) is 13.2 Å². The van der Waals surface area contributed by atoms with Gasteiger partial charge in [0, 0.05) is 5.70 Å². The summed E-state index contributed by atoms with van der Waals surface area (Å²) in [5, 5.41) is 5.40. The molecule has 1 heterocycles. The molecular formula is C25H28N4O5. The number of nitrogens with two attached hydrogens (primary N) is 1. The summed E-state index contributed by atoms with van der Waals surface area (Å²) in [5.41, 5.74) is 6.69. The zero-order valence-electron chi connectivity index (χ0n) is 19.2. The largest absolute Gasteiger partial charge is 0.466 e. The normalized spacial score (nSPS) is 18.2. The Labute approximate surface area is 197 Å². The summed E-state index contributed by atoms with van der Waals surface area (Å²) in [4.78, 5) is 51.5. The first-order chi connectivity index (χ1) is 16.2. The molecule has 1 aliphatic rings. The summed E-state index contributed by atoms with van der Waals surface area (Å²) in [6, 6.07) is 14.4. The van der Waals surface area contributed by atoms with Crippen LogP contribution in [0.1, 0.15) is 43.0 Å². The van der Waals surface area contributed by atoms with Crippen LogP contribution in [0.3, 0.4) is 0 Å². The standard InChI is InChI=1S/C25H28N4O5/c1-4-34-22(31)14-20(18-8-6-5-7-9-18)27-21(30)15-29-23(32)25(3,28-24(29)33)19-12-10-17(11-13-19)16(2)26/h5-13,20H,2,4,14-15,26H2,1,3H3,(H,27,30)(H,28,33). The highest BCUT2D eigenvalue weighted by atomic mass is 16.5. The summed E-state index contributed by atoms with van der Waals surface area (Å²) in [6.45, 7) is 6.67. The number of carbonyl (C=O) groups excluding carboxylic acids is 4. The van der Waals surface area contributed by atoms with Crippen LogP contribution in [0.25, 0.3) is 5.70 Å². The molecule has 0 bridgehead atoms. The molecular weight excluding hydrogens is 436 g/mol. The molecule has 9 nitrogen and oxygen atoms in total. The molecule has 0 radical (unpaired) electrons. The van der Waals surface area contributed by atoms with E-state index in [4.69, 9.17) is 10.5 Å². The first-order valence-corrected chi connectivity index (χ1v) is 10.8. The van der Waals surface area contributed by atoms with Crippen molar-refractivity contribution < 1.29 is 23.9 Å². The number of esters is 1. The second-order valence-electron chi connectivity index (χ2n) is 8.09. The van der Waals surface area contributed by atoms with E-state index in [0.29, 0.717) is 22.4 Å². The number of hydrogen-bond donors (Lipinski definition) is 3. The summed E-state index contributed by atoms with van der Waals surface area (Å²) >= 11 is 0. The molecule has 4 amide bonds. The number of urea groups is 1. The van der Waals surface area contributed by atoms with Crippen LogP contribution in [0, 0.1) is 0 Å². The zero-order valence-corrected chi connectivity index (χ0v) is 19.2. The zero-order chi connectivity index (χ0) is 24.9. The van der Waals surface area contributed by atoms with Gasteiger partial charge in [0.05, 0.1) is 19.1 Å². The van der Waals surface area contributed by atoms with E-state index in [1.165, 1.54) is 0 Å². The molecule has 4 N–H and O–H groups in total.